The maximum absolute atomic E-state index is 14.9. The zero-order valence-electron chi connectivity index (χ0n) is 19.1. The molecule has 2 nitrogen and oxygen atoms in total. The molecule has 2 saturated carbocycles. The van der Waals surface area contributed by atoms with E-state index in [1.54, 1.807) is 12.1 Å². The molecule has 0 spiro atoms. The van der Waals surface area contributed by atoms with Gasteiger partial charge in [-0.25, -0.2) is 13.6 Å². The van der Waals surface area contributed by atoms with Gasteiger partial charge in [0, 0.05) is 6.07 Å². The van der Waals surface area contributed by atoms with Crippen molar-refractivity contribution in [1.29, 1.82) is 0 Å². The molecule has 4 rings (SSSR count). The van der Waals surface area contributed by atoms with Crippen molar-refractivity contribution in [1.82, 2.24) is 0 Å². The van der Waals surface area contributed by atoms with Gasteiger partial charge >= 0.3 is 5.97 Å². The summed E-state index contributed by atoms with van der Waals surface area (Å²) in [6, 6.07) is 9.12. The highest BCUT2D eigenvalue weighted by Crippen LogP contribution is 2.47. The van der Waals surface area contributed by atoms with E-state index < -0.39 is 17.6 Å². The standard InChI is InChI=1S/C29H32F2O2/c1-3-5-6-20-11-13-25(18-27(20)30)33-29(32)26-14-12-24(17-28(26)31)23-10-9-21-15-19(4-2)7-8-22(21)16-23/h3-4,11-14,17-19,21-23H,1-2,5-10,15-16H2. The topological polar surface area (TPSA) is 26.3 Å². The summed E-state index contributed by atoms with van der Waals surface area (Å²) in [6.07, 6.45) is 11.9. The molecule has 4 unspecified atom stereocenters. The fraction of sp³-hybridized carbons (Fsp3) is 0.414. The third-order valence-corrected chi connectivity index (χ3v) is 7.52. The largest absolute Gasteiger partial charge is 0.423 e. The van der Waals surface area contributed by atoms with E-state index in [2.05, 4.69) is 19.2 Å². The summed E-state index contributed by atoms with van der Waals surface area (Å²) in [6.45, 7) is 7.59. The molecular formula is C29H32F2O2. The Kier molecular flexibility index (Phi) is 7.42. The second-order valence-corrected chi connectivity index (χ2v) is 9.55. The van der Waals surface area contributed by atoms with E-state index in [1.807, 2.05) is 6.07 Å². The minimum atomic E-state index is -0.816. The first-order chi connectivity index (χ1) is 16.0. The van der Waals surface area contributed by atoms with Gasteiger partial charge in [-0.3, -0.25) is 0 Å². The highest BCUT2D eigenvalue weighted by molar-refractivity contribution is 5.91. The molecular weight excluding hydrogens is 418 g/mol. The van der Waals surface area contributed by atoms with Crippen LogP contribution in [0.3, 0.4) is 0 Å². The molecule has 174 valence electrons. The molecule has 2 aliphatic carbocycles. The van der Waals surface area contributed by atoms with Crippen LogP contribution in [0, 0.1) is 29.4 Å². The lowest BCUT2D eigenvalue weighted by atomic mass is 9.64. The lowest BCUT2D eigenvalue weighted by molar-refractivity contribution is 0.0729. The zero-order chi connectivity index (χ0) is 23.4. The van der Waals surface area contributed by atoms with Crippen LogP contribution in [0.1, 0.15) is 72.3 Å². The smallest absolute Gasteiger partial charge is 0.346 e. The van der Waals surface area contributed by atoms with E-state index in [9.17, 15) is 13.6 Å². The van der Waals surface area contributed by atoms with Crippen molar-refractivity contribution in [2.75, 3.05) is 0 Å². The molecule has 2 aromatic carbocycles. The fourth-order valence-corrected chi connectivity index (χ4v) is 5.61. The number of benzene rings is 2. The van der Waals surface area contributed by atoms with Crippen LogP contribution < -0.4 is 4.74 Å². The van der Waals surface area contributed by atoms with E-state index >= 15 is 0 Å². The van der Waals surface area contributed by atoms with Crippen molar-refractivity contribution in [3.8, 4) is 5.75 Å². The minimum Gasteiger partial charge on any atom is -0.423 e. The first kappa shape index (κ1) is 23.4. The first-order valence-corrected chi connectivity index (χ1v) is 12.0. The number of ether oxygens (including phenoxy) is 1. The van der Waals surface area contributed by atoms with E-state index in [0.29, 0.717) is 36.2 Å². The Morgan fingerprint density at radius 1 is 0.970 bits per heavy atom. The molecule has 0 radical (unpaired) electrons. The van der Waals surface area contributed by atoms with Gasteiger partial charge in [0.1, 0.15) is 17.4 Å². The number of aryl methyl sites for hydroxylation is 1. The molecule has 0 aromatic heterocycles. The fourth-order valence-electron chi connectivity index (χ4n) is 5.61. The Hall–Kier alpha value is -2.75. The Bertz CT molecular complexity index is 1030. The van der Waals surface area contributed by atoms with Crippen LogP contribution in [-0.2, 0) is 6.42 Å². The van der Waals surface area contributed by atoms with Crippen molar-refractivity contribution in [3.63, 3.8) is 0 Å². The highest BCUT2D eigenvalue weighted by atomic mass is 19.1. The van der Waals surface area contributed by atoms with Crippen LogP contribution in [-0.4, -0.2) is 5.97 Å². The number of carbonyl (C=O) groups is 1. The van der Waals surface area contributed by atoms with Crippen LogP contribution >= 0.6 is 0 Å². The van der Waals surface area contributed by atoms with Gasteiger partial charge < -0.3 is 4.74 Å². The second kappa shape index (κ2) is 10.5. The average Bonchev–Trinajstić information content (AvgIpc) is 2.82. The zero-order valence-corrected chi connectivity index (χ0v) is 19.1. The molecule has 4 atom stereocenters. The SMILES string of the molecule is C=CCCc1ccc(OC(=O)c2ccc(C3CCC4CC(C=C)CCC4C3)cc2F)cc1F. The lowest BCUT2D eigenvalue weighted by Crippen LogP contribution is -2.30. The van der Waals surface area contributed by atoms with Crippen molar-refractivity contribution < 1.29 is 18.3 Å². The van der Waals surface area contributed by atoms with Gasteiger partial charge in [0.25, 0.3) is 0 Å². The molecule has 0 N–H and O–H groups in total. The van der Waals surface area contributed by atoms with Gasteiger partial charge in [0.05, 0.1) is 5.56 Å². The van der Waals surface area contributed by atoms with E-state index in [0.717, 1.165) is 24.3 Å². The van der Waals surface area contributed by atoms with Gasteiger partial charge in [-0.2, -0.15) is 0 Å². The summed E-state index contributed by atoms with van der Waals surface area (Å²) < 4.78 is 34.3. The highest BCUT2D eigenvalue weighted by Gasteiger charge is 2.35. The van der Waals surface area contributed by atoms with Crippen molar-refractivity contribution in [2.45, 2.75) is 57.3 Å². The predicted molar refractivity (Wildman–Crippen MR) is 127 cm³/mol. The van der Waals surface area contributed by atoms with Crippen LogP contribution in [0.5, 0.6) is 5.75 Å². The van der Waals surface area contributed by atoms with Crippen molar-refractivity contribution >= 4 is 5.97 Å². The van der Waals surface area contributed by atoms with Gasteiger partial charge in [0.15, 0.2) is 0 Å². The van der Waals surface area contributed by atoms with Crippen molar-refractivity contribution in [2.24, 2.45) is 17.8 Å². The third kappa shape index (κ3) is 5.43. The lowest BCUT2D eigenvalue weighted by Gasteiger charge is -2.41. The monoisotopic (exact) mass is 450 g/mol. The second-order valence-electron chi connectivity index (χ2n) is 9.55. The van der Waals surface area contributed by atoms with Crippen LogP contribution in [0.15, 0.2) is 61.7 Å². The molecule has 0 saturated heterocycles. The van der Waals surface area contributed by atoms with E-state index in [-0.39, 0.29) is 11.3 Å². The number of fused-ring (bicyclic) bond motifs is 1. The van der Waals surface area contributed by atoms with E-state index in [1.165, 1.54) is 49.9 Å². The molecule has 2 aliphatic rings. The van der Waals surface area contributed by atoms with Crippen LogP contribution in [0.25, 0.3) is 0 Å². The molecule has 0 amide bonds. The summed E-state index contributed by atoms with van der Waals surface area (Å²) in [4.78, 5) is 12.5. The molecule has 0 bridgehead atoms. The van der Waals surface area contributed by atoms with Crippen LogP contribution in [0.2, 0.25) is 0 Å². The summed E-state index contributed by atoms with van der Waals surface area (Å²) in [5, 5.41) is 0. The van der Waals surface area contributed by atoms with Crippen molar-refractivity contribution in [3.05, 3.63) is 90.0 Å². The Balaban J connectivity index is 1.40. The number of allylic oxidation sites excluding steroid dienone is 2. The molecule has 2 fully saturated rings. The Morgan fingerprint density at radius 3 is 2.48 bits per heavy atom. The quantitative estimate of drug-likeness (QED) is 0.244. The molecule has 4 heteroatoms. The maximum atomic E-state index is 14.9. The Labute approximate surface area is 195 Å². The van der Waals surface area contributed by atoms with Gasteiger partial charge in [0.2, 0.25) is 0 Å². The number of halogens is 2. The third-order valence-electron chi connectivity index (χ3n) is 7.52. The summed E-state index contributed by atoms with van der Waals surface area (Å²) in [5.41, 5.74) is 1.35. The molecule has 0 aliphatic heterocycles. The normalized spacial score (nSPS) is 24.5. The molecule has 2 aromatic rings. The number of carbonyl (C=O) groups excluding carboxylic acids is 1. The Morgan fingerprint density at radius 2 is 1.76 bits per heavy atom. The number of rotatable bonds is 7. The van der Waals surface area contributed by atoms with Gasteiger partial charge in [-0.15, -0.1) is 13.2 Å². The number of hydrogen-bond donors (Lipinski definition) is 0. The van der Waals surface area contributed by atoms with Gasteiger partial charge in [-0.05, 0) is 104 Å². The summed E-state index contributed by atoms with van der Waals surface area (Å²) in [5.74, 6) is 0.623. The predicted octanol–water partition coefficient (Wildman–Crippen LogP) is 7.79. The van der Waals surface area contributed by atoms with E-state index in [4.69, 9.17) is 4.74 Å². The maximum Gasteiger partial charge on any atom is 0.346 e. The number of esters is 1. The average molecular weight is 451 g/mol. The molecule has 0 heterocycles. The summed E-state index contributed by atoms with van der Waals surface area (Å²) in [7, 11) is 0. The molecule has 33 heavy (non-hydrogen) atoms. The van der Waals surface area contributed by atoms with Crippen LogP contribution in [0.4, 0.5) is 8.78 Å². The summed E-state index contributed by atoms with van der Waals surface area (Å²) >= 11 is 0. The minimum absolute atomic E-state index is 0.0665. The van der Waals surface area contributed by atoms with Gasteiger partial charge in [-0.1, -0.05) is 24.3 Å². The number of hydrogen-bond acceptors (Lipinski definition) is 2. The first-order valence-electron chi connectivity index (χ1n) is 12.0.